The molecule has 0 aliphatic heterocycles. The standard InChI is InChI=1S/C17H22N2O7/c1-11(21)7-8-13(16(23)24)18-15(22)14(9-20)19-17(25)26-10-12-5-3-2-4-6-12/h2-6,13-14,20H,7-10H2,1H3,(H,18,22)(H,19,25)(H,23,24)/t13-,14+/m1/s1. The summed E-state index contributed by atoms with van der Waals surface area (Å²) in [4.78, 5) is 45.9. The van der Waals surface area contributed by atoms with Crippen LogP contribution in [0.5, 0.6) is 0 Å². The van der Waals surface area contributed by atoms with Crippen LogP contribution in [0.3, 0.4) is 0 Å². The lowest BCUT2D eigenvalue weighted by molar-refractivity contribution is -0.142. The molecule has 2 atom stereocenters. The molecule has 0 fully saturated rings. The summed E-state index contributed by atoms with van der Waals surface area (Å²) in [6.45, 7) is 0.537. The van der Waals surface area contributed by atoms with Gasteiger partial charge in [0.15, 0.2) is 0 Å². The molecule has 0 bridgehead atoms. The van der Waals surface area contributed by atoms with E-state index in [9.17, 15) is 24.3 Å². The van der Waals surface area contributed by atoms with Crippen LogP contribution in [0.25, 0.3) is 0 Å². The zero-order chi connectivity index (χ0) is 19.5. The van der Waals surface area contributed by atoms with Crippen LogP contribution in [0.15, 0.2) is 30.3 Å². The summed E-state index contributed by atoms with van der Waals surface area (Å²) >= 11 is 0. The van der Waals surface area contributed by atoms with Gasteiger partial charge in [0.2, 0.25) is 5.91 Å². The maximum absolute atomic E-state index is 12.1. The maximum Gasteiger partial charge on any atom is 0.408 e. The molecule has 1 aromatic rings. The lowest BCUT2D eigenvalue weighted by atomic mass is 10.1. The number of amides is 2. The Morgan fingerprint density at radius 2 is 1.73 bits per heavy atom. The molecule has 9 nitrogen and oxygen atoms in total. The van der Waals surface area contributed by atoms with E-state index in [2.05, 4.69) is 10.6 Å². The molecular formula is C17H22N2O7. The highest BCUT2D eigenvalue weighted by atomic mass is 16.5. The topological polar surface area (TPSA) is 142 Å². The number of ether oxygens (including phenoxy) is 1. The number of carboxylic acids is 1. The number of ketones is 1. The molecule has 0 saturated carbocycles. The van der Waals surface area contributed by atoms with Crippen LogP contribution in [-0.4, -0.2) is 52.7 Å². The molecule has 0 saturated heterocycles. The maximum atomic E-state index is 12.1. The van der Waals surface area contributed by atoms with Gasteiger partial charge in [-0.2, -0.15) is 0 Å². The van der Waals surface area contributed by atoms with Gasteiger partial charge in [-0.05, 0) is 18.9 Å². The molecule has 0 aliphatic carbocycles. The number of rotatable bonds is 10. The summed E-state index contributed by atoms with van der Waals surface area (Å²) in [7, 11) is 0. The Bertz CT molecular complexity index is 633. The largest absolute Gasteiger partial charge is 0.480 e. The molecule has 0 unspecified atom stereocenters. The molecular weight excluding hydrogens is 344 g/mol. The van der Waals surface area contributed by atoms with Gasteiger partial charge in [-0.25, -0.2) is 9.59 Å². The molecule has 0 aliphatic rings. The lowest BCUT2D eigenvalue weighted by Gasteiger charge is -2.19. The van der Waals surface area contributed by atoms with E-state index in [1.54, 1.807) is 30.3 Å². The van der Waals surface area contributed by atoms with E-state index in [1.807, 2.05) is 0 Å². The van der Waals surface area contributed by atoms with Gasteiger partial charge in [0, 0.05) is 6.42 Å². The molecule has 0 aromatic heterocycles. The van der Waals surface area contributed by atoms with Crippen molar-refractivity contribution in [1.82, 2.24) is 10.6 Å². The Hall–Kier alpha value is -2.94. The van der Waals surface area contributed by atoms with Gasteiger partial charge in [-0.15, -0.1) is 0 Å². The average Bonchev–Trinajstić information content (AvgIpc) is 2.61. The van der Waals surface area contributed by atoms with Crippen molar-refractivity contribution in [2.45, 2.75) is 38.5 Å². The third-order valence-electron chi connectivity index (χ3n) is 3.40. The van der Waals surface area contributed by atoms with E-state index in [4.69, 9.17) is 9.84 Å². The van der Waals surface area contributed by atoms with Gasteiger partial charge in [-0.1, -0.05) is 30.3 Å². The van der Waals surface area contributed by atoms with Crippen LogP contribution >= 0.6 is 0 Å². The minimum absolute atomic E-state index is 0.0203. The average molecular weight is 366 g/mol. The van der Waals surface area contributed by atoms with Crippen molar-refractivity contribution in [3.05, 3.63) is 35.9 Å². The summed E-state index contributed by atoms with van der Waals surface area (Å²) in [5.74, 6) is -2.42. The number of aliphatic hydroxyl groups is 1. The quantitative estimate of drug-likeness (QED) is 0.464. The van der Waals surface area contributed by atoms with Crippen LogP contribution < -0.4 is 10.6 Å². The fourth-order valence-corrected chi connectivity index (χ4v) is 1.98. The number of aliphatic carboxylic acids is 1. The fraction of sp³-hybridized carbons (Fsp3) is 0.412. The molecule has 26 heavy (non-hydrogen) atoms. The first kappa shape index (κ1) is 21.1. The number of carbonyl (C=O) groups is 4. The number of hydrogen-bond donors (Lipinski definition) is 4. The Kier molecular flexibility index (Phi) is 8.79. The van der Waals surface area contributed by atoms with Gasteiger partial charge in [-0.3, -0.25) is 4.79 Å². The highest BCUT2D eigenvalue weighted by molar-refractivity contribution is 5.89. The molecule has 1 aromatic carbocycles. The van der Waals surface area contributed by atoms with E-state index in [1.165, 1.54) is 6.92 Å². The van der Waals surface area contributed by atoms with Crippen molar-refractivity contribution in [3.63, 3.8) is 0 Å². The Morgan fingerprint density at radius 1 is 1.08 bits per heavy atom. The van der Waals surface area contributed by atoms with E-state index in [0.29, 0.717) is 0 Å². The van der Waals surface area contributed by atoms with Crippen LogP contribution in [0.4, 0.5) is 4.79 Å². The van der Waals surface area contributed by atoms with Crippen molar-refractivity contribution in [2.24, 2.45) is 0 Å². The van der Waals surface area contributed by atoms with Gasteiger partial charge in [0.1, 0.15) is 24.5 Å². The zero-order valence-electron chi connectivity index (χ0n) is 14.3. The number of benzene rings is 1. The minimum Gasteiger partial charge on any atom is -0.480 e. The Labute approximate surface area is 150 Å². The van der Waals surface area contributed by atoms with Crippen LogP contribution in [-0.2, 0) is 25.7 Å². The summed E-state index contributed by atoms with van der Waals surface area (Å²) in [6, 6.07) is 6.16. The van der Waals surface area contributed by atoms with Crippen LogP contribution in [0, 0.1) is 0 Å². The Balaban J connectivity index is 2.54. The number of nitrogens with one attached hydrogen (secondary N) is 2. The van der Waals surface area contributed by atoms with Gasteiger partial charge in [0.05, 0.1) is 6.61 Å². The van der Waals surface area contributed by atoms with Crippen molar-refractivity contribution >= 4 is 23.8 Å². The van der Waals surface area contributed by atoms with Crippen molar-refractivity contribution in [1.29, 1.82) is 0 Å². The molecule has 0 radical (unpaired) electrons. The first-order valence-electron chi connectivity index (χ1n) is 7.94. The first-order chi connectivity index (χ1) is 12.3. The van der Waals surface area contributed by atoms with Gasteiger partial charge >= 0.3 is 12.1 Å². The molecule has 4 N–H and O–H groups in total. The van der Waals surface area contributed by atoms with E-state index in [-0.39, 0.29) is 25.2 Å². The number of carboxylic acid groups (broad SMARTS) is 1. The second-order valence-electron chi connectivity index (χ2n) is 5.58. The molecule has 0 spiro atoms. The minimum atomic E-state index is -1.38. The SMILES string of the molecule is CC(=O)CC[C@@H](NC(=O)[C@H](CO)NC(=O)OCc1ccccc1)C(=O)O. The summed E-state index contributed by atoms with van der Waals surface area (Å²) in [5, 5.41) is 22.7. The summed E-state index contributed by atoms with van der Waals surface area (Å²) < 4.78 is 4.94. The third-order valence-corrected chi connectivity index (χ3v) is 3.40. The van der Waals surface area contributed by atoms with Gasteiger partial charge < -0.3 is 30.4 Å². The van der Waals surface area contributed by atoms with Gasteiger partial charge in [0.25, 0.3) is 0 Å². The van der Waals surface area contributed by atoms with Crippen molar-refractivity contribution in [2.75, 3.05) is 6.61 Å². The lowest BCUT2D eigenvalue weighted by Crippen LogP contribution is -2.53. The van der Waals surface area contributed by atoms with E-state index < -0.39 is 36.7 Å². The molecule has 9 heteroatoms. The number of hydrogen-bond acceptors (Lipinski definition) is 6. The molecule has 1 rings (SSSR count). The normalized spacial score (nSPS) is 12.5. The monoisotopic (exact) mass is 366 g/mol. The third kappa shape index (κ3) is 7.75. The van der Waals surface area contributed by atoms with E-state index in [0.717, 1.165) is 5.56 Å². The zero-order valence-corrected chi connectivity index (χ0v) is 14.3. The van der Waals surface area contributed by atoms with Crippen molar-refractivity contribution < 1.29 is 34.1 Å². The summed E-state index contributed by atoms with van der Waals surface area (Å²) in [6.07, 6.45) is -1.04. The van der Waals surface area contributed by atoms with E-state index >= 15 is 0 Å². The molecule has 142 valence electrons. The predicted molar refractivity (Wildman–Crippen MR) is 90.1 cm³/mol. The molecule has 2 amide bonds. The highest BCUT2D eigenvalue weighted by Crippen LogP contribution is 2.02. The first-order valence-corrected chi connectivity index (χ1v) is 7.94. The van der Waals surface area contributed by atoms with Crippen molar-refractivity contribution in [3.8, 4) is 0 Å². The predicted octanol–water partition coefficient (Wildman–Crippen LogP) is 0.212. The molecule has 0 heterocycles. The number of Topliss-reactive ketones (excluding diaryl/α,β-unsaturated/α-hetero) is 1. The fourth-order valence-electron chi connectivity index (χ4n) is 1.98. The number of aliphatic hydroxyl groups excluding tert-OH is 1. The second-order valence-corrected chi connectivity index (χ2v) is 5.58. The smallest absolute Gasteiger partial charge is 0.408 e. The second kappa shape index (κ2) is 10.8. The number of alkyl carbamates (subject to hydrolysis) is 1. The highest BCUT2D eigenvalue weighted by Gasteiger charge is 2.26. The van der Waals surface area contributed by atoms with Crippen LogP contribution in [0.2, 0.25) is 0 Å². The van der Waals surface area contributed by atoms with Crippen LogP contribution in [0.1, 0.15) is 25.3 Å². The summed E-state index contributed by atoms with van der Waals surface area (Å²) in [5.41, 5.74) is 0.739. The number of carbonyl (C=O) groups excluding carboxylic acids is 3. The Morgan fingerprint density at radius 3 is 2.27 bits per heavy atom.